The van der Waals surface area contributed by atoms with E-state index in [0.29, 0.717) is 12.2 Å². The lowest BCUT2D eigenvalue weighted by atomic mass is 10.2. The van der Waals surface area contributed by atoms with Gasteiger partial charge in [-0.2, -0.15) is 5.26 Å². The molecule has 0 unspecified atom stereocenters. The maximum atomic E-state index is 13.7. The molecule has 0 saturated carbocycles. The van der Waals surface area contributed by atoms with E-state index in [2.05, 4.69) is 4.98 Å². The van der Waals surface area contributed by atoms with Gasteiger partial charge in [0.2, 0.25) is 0 Å². The predicted molar refractivity (Wildman–Crippen MR) is 69.5 cm³/mol. The van der Waals surface area contributed by atoms with Gasteiger partial charge in [0.15, 0.2) is 11.6 Å². The van der Waals surface area contributed by atoms with Gasteiger partial charge < -0.3 is 4.74 Å². The number of ether oxygens (including phenoxy) is 1. The summed E-state index contributed by atoms with van der Waals surface area (Å²) in [6.07, 6.45) is 0.703. The molecule has 3 nitrogen and oxygen atoms in total. The standard InChI is InChI=1S/C15H13FN2O/c1-3-13-15(6-4-10(2)18-13)19-14-7-5-11(9-17)8-12(14)16/h4-8H,3H2,1-2H3. The summed E-state index contributed by atoms with van der Waals surface area (Å²) in [7, 11) is 0. The van der Waals surface area contributed by atoms with Crippen molar-refractivity contribution in [2.45, 2.75) is 20.3 Å². The molecule has 0 bridgehead atoms. The van der Waals surface area contributed by atoms with Crippen LogP contribution in [0.5, 0.6) is 11.5 Å². The second-order valence-electron chi connectivity index (χ2n) is 4.11. The molecular weight excluding hydrogens is 243 g/mol. The summed E-state index contributed by atoms with van der Waals surface area (Å²) in [4.78, 5) is 4.35. The van der Waals surface area contributed by atoms with Gasteiger partial charge in [0.25, 0.3) is 0 Å². The molecule has 0 atom stereocenters. The molecule has 4 heteroatoms. The van der Waals surface area contributed by atoms with Crippen molar-refractivity contribution in [3.05, 3.63) is 53.1 Å². The molecule has 0 aliphatic rings. The number of hydrogen-bond donors (Lipinski definition) is 0. The van der Waals surface area contributed by atoms with Crippen LogP contribution in [-0.2, 0) is 6.42 Å². The first-order chi connectivity index (χ1) is 9.13. The number of aryl methyl sites for hydroxylation is 2. The lowest BCUT2D eigenvalue weighted by molar-refractivity contribution is 0.435. The Labute approximate surface area is 111 Å². The molecule has 1 heterocycles. The van der Waals surface area contributed by atoms with E-state index in [1.165, 1.54) is 12.1 Å². The molecule has 0 saturated heterocycles. The average molecular weight is 256 g/mol. The van der Waals surface area contributed by atoms with E-state index >= 15 is 0 Å². The Bertz CT molecular complexity index is 647. The molecule has 2 aromatic rings. The monoisotopic (exact) mass is 256 g/mol. The summed E-state index contributed by atoms with van der Waals surface area (Å²) in [6.45, 7) is 3.86. The molecule has 96 valence electrons. The zero-order chi connectivity index (χ0) is 13.8. The van der Waals surface area contributed by atoms with E-state index in [1.54, 1.807) is 6.07 Å². The topological polar surface area (TPSA) is 45.9 Å². The SMILES string of the molecule is CCc1nc(C)ccc1Oc1ccc(C#N)cc1F. The smallest absolute Gasteiger partial charge is 0.167 e. The molecule has 19 heavy (non-hydrogen) atoms. The molecule has 1 aromatic carbocycles. The summed E-state index contributed by atoms with van der Waals surface area (Å²) < 4.78 is 19.3. The zero-order valence-electron chi connectivity index (χ0n) is 10.8. The van der Waals surface area contributed by atoms with E-state index in [4.69, 9.17) is 10.00 Å². The highest BCUT2D eigenvalue weighted by Gasteiger charge is 2.09. The fourth-order valence-corrected chi connectivity index (χ4v) is 1.72. The number of halogens is 1. The number of aromatic nitrogens is 1. The first-order valence-corrected chi connectivity index (χ1v) is 5.98. The number of pyridine rings is 1. The van der Waals surface area contributed by atoms with Crippen molar-refractivity contribution in [2.24, 2.45) is 0 Å². The Morgan fingerprint density at radius 3 is 2.63 bits per heavy atom. The largest absolute Gasteiger partial charge is 0.452 e. The minimum atomic E-state index is -0.554. The Morgan fingerprint density at radius 2 is 2.00 bits per heavy atom. The maximum absolute atomic E-state index is 13.7. The van der Waals surface area contributed by atoms with Crippen molar-refractivity contribution in [3.63, 3.8) is 0 Å². The van der Waals surface area contributed by atoms with Gasteiger partial charge in [-0.3, -0.25) is 4.98 Å². The van der Waals surface area contributed by atoms with E-state index in [1.807, 2.05) is 26.0 Å². The van der Waals surface area contributed by atoms with Crippen LogP contribution in [0.25, 0.3) is 0 Å². The second kappa shape index (κ2) is 5.49. The van der Waals surface area contributed by atoms with Gasteiger partial charge in [0, 0.05) is 5.69 Å². The number of benzene rings is 1. The van der Waals surface area contributed by atoms with Crippen LogP contribution in [-0.4, -0.2) is 4.98 Å². The number of hydrogen-bond acceptors (Lipinski definition) is 3. The molecule has 0 N–H and O–H groups in total. The van der Waals surface area contributed by atoms with Crippen LogP contribution in [0.1, 0.15) is 23.9 Å². The van der Waals surface area contributed by atoms with Gasteiger partial charge in [-0.25, -0.2) is 4.39 Å². The predicted octanol–water partition coefficient (Wildman–Crippen LogP) is 3.76. The summed E-state index contributed by atoms with van der Waals surface area (Å²) in [5.41, 5.74) is 1.94. The van der Waals surface area contributed by atoms with Crippen LogP contribution in [0.3, 0.4) is 0 Å². The van der Waals surface area contributed by atoms with Crippen molar-refractivity contribution in [1.29, 1.82) is 5.26 Å². The van der Waals surface area contributed by atoms with Crippen molar-refractivity contribution >= 4 is 0 Å². The van der Waals surface area contributed by atoms with Crippen LogP contribution in [0.15, 0.2) is 30.3 Å². The van der Waals surface area contributed by atoms with Gasteiger partial charge in [-0.1, -0.05) is 6.92 Å². The molecular formula is C15H13FN2O. The van der Waals surface area contributed by atoms with Gasteiger partial charge in [-0.15, -0.1) is 0 Å². The third-order valence-electron chi connectivity index (χ3n) is 2.69. The van der Waals surface area contributed by atoms with Crippen LogP contribution in [0, 0.1) is 24.1 Å². The normalized spacial score (nSPS) is 10.0. The summed E-state index contributed by atoms with van der Waals surface area (Å²) in [5.74, 6) is 0.0812. The fourth-order valence-electron chi connectivity index (χ4n) is 1.72. The minimum Gasteiger partial charge on any atom is -0.452 e. The average Bonchev–Trinajstić information content (AvgIpc) is 2.42. The highest BCUT2D eigenvalue weighted by atomic mass is 19.1. The van der Waals surface area contributed by atoms with Crippen LogP contribution >= 0.6 is 0 Å². The van der Waals surface area contributed by atoms with E-state index in [9.17, 15) is 4.39 Å². The molecule has 1 aromatic heterocycles. The Balaban J connectivity index is 2.34. The van der Waals surface area contributed by atoms with Crippen molar-refractivity contribution in [3.8, 4) is 17.6 Å². The molecule has 0 aliphatic carbocycles. The molecule has 0 radical (unpaired) electrons. The van der Waals surface area contributed by atoms with Gasteiger partial charge in [0.05, 0.1) is 17.3 Å². The quantitative estimate of drug-likeness (QED) is 0.840. The van der Waals surface area contributed by atoms with Crippen molar-refractivity contribution < 1.29 is 9.13 Å². The van der Waals surface area contributed by atoms with Gasteiger partial charge in [0.1, 0.15) is 5.75 Å². The lowest BCUT2D eigenvalue weighted by Gasteiger charge is -2.10. The van der Waals surface area contributed by atoms with E-state index in [0.717, 1.165) is 17.5 Å². The van der Waals surface area contributed by atoms with Crippen molar-refractivity contribution in [2.75, 3.05) is 0 Å². The highest BCUT2D eigenvalue weighted by molar-refractivity contribution is 5.40. The molecule has 2 rings (SSSR count). The number of nitrogens with zero attached hydrogens (tertiary/aromatic N) is 2. The number of rotatable bonds is 3. The van der Waals surface area contributed by atoms with Gasteiger partial charge in [-0.05, 0) is 43.7 Å². The fraction of sp³-hybridized carbons (Fsp3) is 0.200. The first-order valence-electron chi connectivity index (χ1n) is 5.98. The summed E-state index contributed by atoms with van der Waals surface area (Å²) in [6, 6.07) is 9.60. The van der Waals surface area contributed by atoms with E-state index in [-0.39, 0.29) is 11.3 Å². The summed E-state index contributed by atoms with van der Waals surface area (Å²) >= 11 is 0. The van der Waals surface area contributed by atoms with Crippen LogP contribution in [0.4, 0.5) is 4.39 Å². The second-order valence-corrected chi connectivity index (χ2v) is 4.11. The van der Waals surface area contributed by atoms with Gasteiger partial charge >= 0.3 is 0 Å². The third kappa shape index (κ3) is 2.89. The first kappa shape index (κ1) is 13.0. The molecule has 0 aliphatic heterocycles. The van der Waals surface area contributed by atoms with Crippen LogP contribution < -0.4 is 4.74 Å². The van der Waals surface area contributed by atoms with E-state index < -0.39 is 5.82 Å². The maximum Gasteiger partial charge on any atom is 0.167 e. The number of nitriles is 1. The molecule has 0 fully saturated rings. The van der Waals surface area contributed by atoms with Crippen molar-refractivity contribution in [1.82, 2.24) is 4.98 Å². The Hall–Kier alpha value is -2.41. The lowest BCUT2D eigenvalue weighted by Crippen LogP contribution is -1.97. The highest BCUT2D eigenvalue weighted by Crippen LogP contribution is 2.27. The minimum absolute atomic E-state index is 0.0966. The Kier molecular flexibility index (Phi) is 3.76. The molecule has 0 amide bonds. The molecule has 0 spiro atoms. The zero-order valence-corrected chi connectivity index (χ0v) is 10.8. The Morgan fingerprint density at radius 1 is 1.26 bits per heavy atom. The van der Waals surface area contributed by atoms with Crippen LogP contribution in [0.2, 0.25) is 0 Å². The third-order valence-corrected chi connectivity index (χ3v) is 2.69. The summed E-state index contributed by atoms with van der Waals surface area (Å²) in [5, 5.41) is 8.69.